The standard InChI is InChI=1S/C30H36N3/c1-19-16-21(18-30(5,6)7)31-27-25(19)28-32(8)22-13-9-10-14-23(22)33(28)24-15-11-12-20(26(24)27)17-29(2,3)4/h9-16H,17-18H2,1-8H3/q+1. The molecule has 0 spiro atoms. The molecular weight excluding hydrogens is 402 g/mol. The molecule has 0 aliphatic heterocycles. The largest absolute Gasteiger partial charge is 0.297 e. The van der Waals surface area contributed by atoms with Crippen LogP contribution in [0.15, 0.2) is 48.5 Å². The lowest BCUT2D eigenvalue weighted by molar-refractivity contribution is -0.617. The van der Waals surface area contributed by atoms with Crippen molar-refractivity contribution < 1.29 is 4.57 Å². The first kappa shape index (κ1) is 21.9. The van der Waals surface area contributed by atoms with Gasteiger partial charge in [0, 0.05) is 5.69 Å². The predicted molar refractivity (Wildman–Crippen MR) is 140 cm³/mol. The molecule has 0 amide bonds. The van der Waals surface area contributed by atoms with Gasteiger partial charge in [-0.25, -0.2) is 4.57 Å². The minimum absolute atomic E-state index is 0.190. The molecule has 3 aromatic heterocycles. The number of nitrogens with zero attached hydrogens (tertiary/aromatic N) is 3. The van der Waals surface area contributed by atoms with Crippen molar-refractivity contribution in [1.29, 1.82) is 0 Å². The Kier molecular flexibility index (Phi) is 4.83. The van der Waals surface area contributed by atoms with E-state index in [9.17, 15) is 0 Å². The Morgan fingerprint density at radius 2 is 1.48 bits per heavy atom. The Morgan fingerprint density at radius 3 is 2.18 bits per heavy atom. The van der Waals surface area contributed by atoms with E-state index in [2.05, 4.69) is 113 Å². The third-order valence-electron chi connectivity index (χ3n) is 6.55. The van der Waals surface area contributed by atoms with E-state index in [1.54, 1.807) is 0 Å². The molecule has 0 N–H and O–H groups in total. The molecule has 5 aromatic rings. The Balaban J connectivity index is 2.05. The van der Waals surface area contributed by atoms with Crippen molar-refractivity contribution in [3.05, 3.63) is 65.4 Å². The van der Waals surface area contributed by atoms with E-state index in [0.29, 0.717) is 0 Å². The molecule has 0 aliphatic rings. The van der Waals surface area contributed by atoms with Crippen LogP contribution in [0.4, 0.5) is 0 Å². The number of pyridine rings is 2. The van der Waals surface area contributed by atoms with Crippen molar-refractivity contribution in [3.8, 4) is 0 Å². The third-order valence-corrected chi connectivity index (χ3v) is 6.55. The zero-order valence-corrected chi connectivity index (χ0v) is 21.4. The summed E-state index contributed by atoms with van der Waals surface area (Å²) in [6.07, 6.45) is 1.98. The smallest absolute Gasteiger partial charge is 0.252 e. The van der Waals surface area contributed by atoms with Gasteiger partial charge in [0.05, 0.1) is 23.3 Å². The van der Waals surface area contributed by atoms with E-state index in [4.69, 9.17) is 4.98 Å². The SMILES string of the molecule is Cc1cc(CC(C)(C)C)nc2c3c(CC(C)(C)C)cccc3n3c4ccccc4[n+](C)c3c12. The zero-order valence-electron chi connectivity index (χ0n) is 21.4. The van der Waals surface area contributed by atoms with Gasteiger partial charge in [-0.15, -0.1) is 0 Å². The summed E-state index contributed by atoms with van der Waals surface area (Å²) in [5.74, 6) is 0. The first-order chi connectivity index (χ1) is 15.4. The van der Waals surface area contributed by atoms with Gasteiger partial charge in [0.25, 0.3) is 5.65 Å². The maximum absolute atomic E-state index is 5.37. The summed E-state index contributed by atoms with van der Waals surface area (Å²) in [4.78, 5) is 5.37. The Hall–Kier alpha value is -2.94. The highest BCUT2D eigenvalue weighted by atomic mass is 15.1. The molecule has 0 saturated carbocycles. The summed E-state index contributed by atoms with van der Waals surface area (Å²) in [7, 11) is 2.18. The monoisotopic (exact) mass is 438 g/mol. The number of benzene rings is 2. The summed E-state index contributed by atoms with van der Waals surface area (Å²) < 4.78 is 4.79. The van der Waals surface area contributed by atoms with Crippen LogP contribution >= 0.6 is 0 Å². The van der Waals surface area contributed by atoms with Gasteiger partial charge < -0.3 is 0 Å². The van der Waals surface area contributed by atoms with E-state index in [1.807, 2.05) is 0 Å². The first-order valence-electron chi connectivity index (χ1n) is 12.1. The number of rotatable bonds is 2. The van der Waals surface area contributed by atoms with Crippen molar-refractivity contribution in [2.45, 2.75) is 61.3 Å². The minimum atomic E-state index is 0.190. The lowest BCUT2D eigenvalue weighted by Gasteiger charge is -2.21. The number of aromatic nitrogens is 3. The second-order valence-corrected chi connectivity index (χ2v) is 12.1. The van der Waals surface area contributed by atoms with Crippen LogP contribution in [0.2, 0.25) is 0 Å². The van der Waals surface area contributed by atoms with Crippen LogP contribution in [0.25, 0.3) is 38.5 Å². The quantitative estimate of drug-likeness (QED) is 0.213. The van der Waals surface area contributed by atoms with Crippen molar-refractivity contribution >= 4 is 38.5 Å². The van der Waals surface area contributed by atoms with Crippen LogP contribution in [0.1, 0.15) is 58.4 Å². The maximum Gasteiger partial charge on any atom is 0.297 e. The molecule has 5 rings (SSSR count). The van der Waals surface area contributed by atoms with Gasteiger partial charge in [-0.2, -0.15) is 4.40 Å². The number of hydrogen-bond acceptors (Lipinski definition) is 1. The Bertz CT molecular complexity index is 1540. The van der Waals surface area contributed by atoms with Gasteiger partial charge in [-0.3, -0.25) is 4.98 Å². The van der Waals surface area contributed by atoms with E-state index in [0.717, 1.165) is 18.4 Å². The van der Waals surface area contributed by atoms with E-state index in [-0.39, 0.29) is 10.8 Å². The van der Waals surface area contributed by atoms with Crippen LogP contribution in [-0.4, -0.2) is 9.38 Å². The van der Waals surface area contributed by atoms with Crippen LogP contribution in [-0.2, 0) is 19.9 Å². The van der Waals surface area contributed by atoms with Crippen molar-refractivity contribution in [2.75, 3.05) is 0 Å². The van der Waals surface area contributed by atoms with Crippen molar-refractivity contribution in [2.24, 2.45) is 17.9 Å². The molecule has 0 radical (unpaired) electrons. The molecule has 33 heavy (non-hydrogen) atoms. The molecule has 2 aromatic carbocycles. The molecule has 170 valence electrons. The fraction of sp³-hybridized carbons (Fsp3) is 0.400. The number of aryl methyl sites for hydroxylation is 2. The van der Waals surface area contributed by atoms with Gasteiger partial charge in [0.2, 0.25) is 0 Å². The highest BCUT2D eigenvalue weighted by Gasteiger charge is 2.27. The highest BCUT2D eigenvalue weighted by molar-refractivity contribution is 6.13. The van der Waals surface area contributed by atoms with Crippen LogP contribution in [0.3, 0.4) is 0 Å². The molecule has 0 saturated heterocycles. The Morgan fingerprint density at radius 1 is 0.818 bits per heavy atom. The van der Waals surface area contributed by atoms with E-state index in [1.165, 1.54) is 49.8 Å². The molecule has 3 heterocycles. The maximum atomic E-state index is 5.37. The van der Waals surface area contributed by atoms with Gasteiger partial charge in [-0.05, 0) is 66.0 Å². The first-order valence-corrected chi connectivity index (χ1v) is 12.1. The number of fused-ring (bicyclic) bond motifs is 8. The van der Waals surface area contributed by atoms with Crippen molar-refractivity contribution in [3.63, 3.8) is 0 Å². The van der Waals surface area contributed by atoms with Gasteiger partial charge in [0.1, 0.15) is 5.52 Å². The summed E-state index contributed by atoms with van der Waals surface area (Å²) in [6, 6.07) is 17.8. The summed E-state index contributed by atoms with van der Waals surface area (Å²) in [5.41, 5.74) is 10.3. The second kappa shape index (κ2) is 7.28. The van der Waals surface area contributed by atoms with Crippen LogP contribution < -0.4 is 4.57 Å². The van der Waals surface area contributed by atoms with Crippen LogP contribution in [0.5, 0.6) is 0 Å². The molecule has 0 unspecified atom stereocenters. The zero-order chi connectivity index (χ0) is 23.7. The lowest BCUT2D eigenvalue weighted by Crippen LogP contribution is -2.27. The van der Waals surface area contributed by atoms with E-state index < -0.39 is 0 Å². The normalized spacial score (nSPS) is 13.1. The summed E-state index contributed by atoms with van der Waals surface area (Å²) >= 11 is 0. The van der Waals surface area contributed by atoms with Gasteiger partial charge in [0.15, 0.2) is 11.0 Å². The average Bonchev–Trinajstić information content (AvgIpc) is 2.99. The van der Waals surface area contributed by atoms with Crippen LogP contribution in [0, 0.1) is 17.8 Å². The topological polar surface area (TPSA) is 21.2 Å². The minimum Gasteiger partial charge on any atom is -0.252 e. The predicted octanol–water partition coefficient (Wildman–Crippen LogP) is 7.10. The van der Waals surface area contributed by atoms with Gasteiger partial charge >= 0.3 is 0 Å². The second-order valence-electron chi connectivity index (χ2n) is 12.1. The van der Waals surface area contributed by atoms with E-state index >= 15 is 0 Å². The third kappa shape index (κ3) is 3.68. The van der Waals surface area contributed by atoms with Gasteiger partial charge in [-0.1, -0.05) is 65.8 Å². The fourth-order valence-electron chi connectivity index (χ4n) is 5.44. The molecular formula is C30H36N3+. The summed E-state index contributed by atoms with van der Waals surface area (Å²) in [6.45, 7) is 16.1. The average molecular weight is 439 g/mol. The molecule has 0 fully saturated rings. The highest BCUT2D eigenvalue weighted by Crippen LogP contribution is 2.37. The molecule has 0 bridgehead atoms. The Labute approximate surface area is 197 Å². The summed E-state index contributed by atoms with van der Waals surface area (Å²) in [5, 5.41) is 2.57. The number of imidazole rings is 1. The fourth-order valence-corrected chi connectivity index (χ4v) is 5.44. The lowest BCUT2D eigenvalue weighted by atomic mass is 9.86. The number of hydrogen-bond donors (Lipinski definition) is 0. The molecule has 0 aliphatic carbocycles. The molecule has 0 atom stereocenters. The van der Waals surface area contributed by atoms with Crippen molar-refractivity contribution in [1.82, 2.24) is 9.38 Å². The molecule has 3 nitrogen and oxygen atoms in total. The molecule has 3 heteroatoms. The number of para-hydroxylation sites is 2.